The summed E-state index contributed by atoms with van der Waals surface area (Å²) in [5.74, 6) is 0. The molecule has 1 aromatic rings. The van der Waals surface area contributed by atoms with Crippen molar-refractivity contribution >= 4 is 0 Å². The maximum Gasteiger partial charge on any atom is 0.0598 e. The lowest BCUT2D eigenvalue weighted by Crippen LogP contribution is -2.52. The summed E-state index contributed by atoms with van der Waals surface area (Å²) in [7, 11) is 2.08. The minimum Gasteiger partial charge on any atom is -0.379 e. The minimum absolute atomic E-state index is 0.0934. The number of nitrogens with two attached hydrogens (primary N) is 1. The van der Waals surface area contributed by atoms with Gasteiger partial charge in [0.1, 0.15) is 0 Å². The van der Waals surface area contributed by atoms with Crippen LogP contribution in [0.25, 0.3) is 0 Å². The number of rotatable bonds is 2. The lowest BCUT2D eigenvalue weighted by atomic mass is 9.78. The average Bonchev–Trinajstić information content (AvgIpc) is 2.34. The quantitative estimate of drug-likeness (QED) is 0.759. The van der Waals surface area contributed by atoms with Gasteiger partial charge in [0, 0.05) is 25.5 Å². The molecule has 2 rings (SSSR count). The van der Waals surface area contributed by atoms with Crippen molar-refractivity contribution in [1.29, 1.82) is 0 Å². The molecule has 78 valence electrons. The molecule has 0 aliphatic carbocycles. The highest BCUT2D eigenvalue weighted by atomic mass is 16.5. The van der Waals surface area contributed by atoms with Gasteiger partial charge in [-0.15, -0.1) is 0 Å². The zero-order valence-electron chi connectivity index (χ0n) is 9.13. The van der Waals surface area contributed by atoms with Gasteiger partial charge in [0.25, 0.3) is 0 Å². The highest BCUT2D eigenvalue weighted by Gasteiger charge is 2.41. The fourth-order valence-electron chi connectivity index (χ4n) is 2.11. The summed E-state index contributed by atoms with van der Waals surface area (Å²) >= 11 is 0. The van der Waals surface area contributed by atoms with Gasteiger partial charge in [-0.1, -0.05) is 0 Å². The van der Waals surface area contributed by atoms with E-state index in [1.807, 2.05) is 0 Å². The number of aryl methyl sites for hydroxylation is 1. The fourth-order valence-corrected chi connectivity index (χ4v) is 2.11. The van der Waals surface area contributed by atoms with Gasteiger partial charge in [-0.2, -0.15) is 0 Å². The second kappa shape index (κ2) is 3.11. The van der Waals surface area contributed by atoms with Gasteiger partial charge in [0.15, 0.2) is 0 Å². The van der Waals surface area contributed by atoms with E-state index in [2.05, 4.69) is 31.7 Å². The topological polar surface area (TPSA) is 40.2 Å². The van der Waals surface area contributed by atoms with E-state index in [4.69, 9.17) is 10.5 Å². The highest BCUT2D eigenvalue weighted by Crippen LogP contribution is 2.35. The van der Waals surface area contributed by atoms with Crippen LogP contribution < -0.4 is 5.73 Å². The summed E-state index contributed by atoms with van der Waals surface area (Å²) in [5, 5.41) is 0. The van der Waals surface area contributed by atoms with Crippen LogP contribution >= 0.6 is 0 Å². The maximum atomic E-state index is 5.84. The molecule has 0 bridgehead atoms. The molecule has 0 aromatic carbocycles. The van der Waals surface area contributed by atoms with Crippen LogP contribution in [0.3, 0.4) is 0 Å². The first kappa shape index (κ1) is 9.74. The molecule has 2 heterocycles. The summed E-state index contributed by atoms with van der Waals surface area (Å²) in [6, 6.07) is 0. The highest BCUT2D eigenvalue weighted by molar-refractivity contribution is 5.38. The molecule has 1 fully saturated rings. The second-order valence-corrected chi connectivity index (χ2v) is 4.34. The van der Waals surface area contributed by atoms with Crippen LogP contribution in [0, 0.1) is 13.8 Å². The first-order valence-electron chi connectivity index (χ1n) is 5.01. The number of ether oxygens (including phenoxy) is 1. The van der Waals surface area contributed by atoms with Crippen molar-refractivity contribution in [3.63, 3.8) is 0 Å². The van der Waals surface area contributed by atoms with Crippen LogP contribution in [0.2, 0.25) is 0 Å². The molecule has 2 N–H and O–H groups in total. The summed E-state index contributed by atoms with van der Waals surface area (Å²) in [6.07, 6.45) is 2.19. The molecule has 0 saturated carbocycles. The molecule has 14 heavy (non-hydrogen) atoms. The maximum absolute atomic E-state index is 5.84. The second-order valence-electron chi connectivity index (χ2n) is 4.34. The molecule has 0 unspecified atom stereocenters. The monoisotopic (exact) mass is 194 g/mol. The minimum atomic E-state index is 0.0934. The Hall–Kier alpha value is -0.800. The Labute approximate surface area is 84.9 Å². The van der Waals surface area contributed by atoms with Gasteiger partial charge in [0.05, 0.1) is 18.6 Å². The Balaban J connectivity index is 2.45. The van der Waals surface area contributed by atoms with Crippen LogP contribution in [0.5, 0.6) is 0 Å². The number of hydrogen-bond donors (Lipinski definition) is 1. The van der Waals surface area contributed by atoms with E-state index in [-0.39, 0.29) is 5.41 Å². The molecule has 0 spiro atoms. The summed E-state index contributed by atoms with van der Waals surface area (Å²) in [4.78, 5) is 0. The van der Waals surface area contributed by atoms with E-state index in [1.54, 1.807) is 0 Å². The molecule has 1 aliphatic rings. The van der Waals surface area contributed by atoms with E-state index >= 15 is 0 Å². The van der Waals surface area contributed by atoms with E-state index in [1.165, 1.54) is 16.8 Å². The van der Waals surface area contributed by atoms with Gasteiger partial charge >= 0.3 is 0 Å². The van der Waals surface area contributed by atoms with Crippen LogP contribution in [0.15, 0.2) is 6.20 Å². The summed E-state index contributed by atoms with van der Waals surface area (Å²) in [6.45, 7) is 6.53. The van der Waals surface area contributed by atoms with Crippen molar-refractivity contribution in [1.82, 2.24) is 4.57 Å². The van der Waals surface area contributed by atoms with Crippen molar-refractivity contribution in [2.24, 2.45) is 12.8 Å². The Kier molecular flexibility index (Phi) is 2.16. The third-order valence-corrected chi connectivity index (χ3v) is 3.52. The first-order valence-corrected chi connectivity index (χ1v) is 5.01. The lowest BCUT2D eigenvalue weighted by molar-refractivity contribution is -0.0553. The van der Waals surface area contributed by atoms with E-state index < -0.39 is 0 Å². The Morgan fingerprint density at radius 3 is 2.43 bits per heavy atom. The van der Waals surface area contributed by atoms with Gasteiger partial charge in [-0.05, 0) is 25.0 Å². The Bertz CT molecular complexity index is 345. The smallest absolute Gasteiger partial charge is 0.0598 e. The molecule has 0 amide bonds. The summed E-state index contributed by atoms with van der Waals surface area (Å²) in [5.41, 5.74) is 9.98. The van der Waals surface area contributed by atoms with E-state index in [0.29, 0.717) is 6.54 Å². The molecular formula is C11H18N2O. The normalized spacial score (nSPS) is 19.4. The molecule has 1 aromatic heterocycles. The van der Waals surface area contributed by atoms with Gasteiger partial charge in [-0.3, -0.25) is 0 Å². The van der Waals surface area contributed by atoms with Crippen molar-refractivity contribution in [2.75, 3.05) is 19.8 Å². The molecular weight excluding hydrogens is 176 g/mol. The van der Waals surface area contributed by atoms with Gasteiger partial charge in [0.2, 0.25) is 0 Å². The van der Waals surface area contributed by atoms with Gasteiger partial charge < -0.3 is 15.0 Å². The zero-order chi connectivity index (χ0) is 10.3. The molecule has 1 aliphatic heterocycles. The third-order valence-electron chi connectivity index (χ3n) is 3.52. The van der Waals surface area contributed by atoms with Crippen molar-refractivity contribution in [2.45, 2.75) is 19.3 Å². The predicted octanol–water partition coefficient (Wildman–Crippen LogP) is 0.869. The van der Waals surface area contributed by atoms with Crippen LogP contribution in [-0.2, 0) is 17.2 Å². The van der Waals surface area contributed by atoms with Crippen LogP contribution in [-0.4, -0.2) is 24.3 Å². The Morgan fingerprint density at radius 2 is 2.14 bits per heavy atom. The van der Waals surface area contributed by atoms with E-state index in [9.17, 15) is 0 Å². The SMILES string of the molecule is Cc1c(C2(CN)COC2)cn(C)c1C. The molecule has 3 nitrogen and oxygen atoms in total. The van der Waals surface area contributed by atoms with E-state index in [0.717, 1.165) is 13.2 Å². The van der Waals surface area contributed by atoms with Crippen molar-refractivity contribution in [3.8, 4) is 0 Å². The first-order chi connectivity index (χ1) is 6.60. The zero-order valence-corrected chi connectivity index (χ0v) is 9.13. The molecule has 0 radical (unpaired) electrons. The lowest BCUT2D eigenvalue weighted by Gasteiger charge is -2.40. The summed E-state index contributed by atoms with van der Waals surface area (Å²) < 4.78 is 7.47. The fraction of sp³-hybridized carbons (Fsp3) is 0.636. The van der Waals surface area contributed by atoms with Crippen LogP contribution in [0.1, 0.15) is 16.8 Å². The van der Waals surface area contributed by atoms with Crippen molar-refractivity contribution in [3.05, 3.63) is 23.0 Å². The van der Waals surface area contributed by atoms with Crippen molar-refractivity contribution < 1.29 is 4.74 Å². The van der Waals surface area contributed by atoms with Crippen LogP contribution in [0.4, 0.5) is 0 Å². The Morgan fingerprint density at radius 1 is 1.50 bits per heavy atom. The molecule has 1 saturated heterocycles. The average molecular weight is 194 g/mol. The number of aromatic nitrogens is 1. The standard InChI is InChI=1S/C11H18N2O/c1-8-9(2)13(3)4-10(8)11(5-12)6-14-7-11/h4H,5-7,12H2,1-3H3. The van der Waals surface area contributed by atoms with Gasteiger partial charge in [-0.25, -0.2) is 0 Å². The largest absolute Gasteiger partial charge is 0.379 e. The predicted molar refractivity (Wildman–Crippen MR) is 56.4 cm³/mol. The number of nitrogens with zero attached hydrogens (tertiary/aromatic N) is 1. The molecule has 0 atom stereocenters. The molecule has 3 heteroatoms. The third kappa shape index (κ3) is 1.12. The number of hydrogen-bond acceptors (Lipinski definition) is 2.